The van der Waals surface area contributed by atoms with Crippen LogP contribution in [0.3, 0.4) is 0 Å². The summed E-state index contributed by atoms with van der Waals surface area (Å²) in [5.74, 6) is -0.331. The van der Waals surface area contributed by atoms with Crippen molar-refractivity contribution in [1.29, 1.82) is 0 Å². The Balaban J connectivity index is 1.49. The molecule has 1 aromatic carbocycles. The standard InChI is InChI=1S/C34H54N3O8P/c1-2-3-4-5-6-7-8-9-10-11-12-13-14-18-24-43-25-19-26-45-46(41,42)29-44-31(28-38)27-37-23-22-32(36-34(37)40)35-33(39)30-20-16-15-17-21-30/h2,15-17,20-23,31,38H,1,3-14,18-19,24-29H2,(H,41,42)(H,35,36,39,40)/t31-/m0/s1. The summed E-state index contributed by atoms with van der Waals surface area (Å²) in [6, 6.07) is 9.95. The van der Waals surface area contributed by atoms with Gasteiger partial charge in [0, 0.05) is 25.0 Å². The number of hydrogen-bond donors (Lipinski definition) is 3. The van der Waals surface area contributed by atoms with E-state index >= 15 is 0 Å². The summed E-state index contributed by atoms with van der Waals surface area (Å²) in [7, 11) is -4.06. The fraction of sp³-hybridized carbons (Fsp3) is 0.618. The molecule has 1 amide bonds. The van der Waals surface area contributed by atoms with Crippen LogP contribution in [0.2, 0.25) is 0 Å². The monoisotopic (exact) mass is 663 g/mol. The van der Waals surface area contributed by atoms with Crippen molar-refractivity contribution in [2.75, 3.05) is 38.1 Å². The molecule has 0 saturated carbocycles. The second-order valence-corrected chi connectivity index (χ2v) is 13.2. The lowest BCUT2D eigenvalue weighted by atomic mass is 10.0. The highest BCUT2D eigenvalue weighted by Gasteiger charge is 2.23. The summed E-state index contributed by atoms with van der Waals surface area (Å²) < 4.78 is 29.7. The van der Waals surface area contributed by atoms with Crippen molar-refractivity contribution in [3.05, 3.63) is 71.3 Å². The number of hydrogen-bond acceptors (Lipinski definition) is 8. The van der Waals surface area contributed by atoms with Gasteiger partial charge in [-0.15, -0.1) is 6.58 Å². The third-order valence-electron chi connectivity index (χ3n) is 7.40. The first-order chi connectivity index (χ1) is 22.3. The maximum absolute atomic E-state index is 12.4. The van der Waals surface area contributed by atoms with E-state index in [9.17, 15) is 24.2 Å². The number of benzene rings is 1. The summed E-state index contributed by atoms with van der Waals surface area (Å²) in [6.07, 6.45) is 18.7. The average molecular weight is 664 g/mol. The summed E-state index contributed by atoms with van der Waals surface area (Å²) in [6.45, 7) is 4.29. The van der Waals surface area contributed by atoms with Crippen LogP contribution in [0.15, 0.2) is 60.0 Å². The average Bonchev–Trinajstić information content (AvgIpc) is 3.05. The van der Waals surface area contributed by atoms with Crippen molar-refractivity contribution < 1.29 is 33.4 Å². The molecule has 1 aromatic heterocycles. The zero-order chi connectivity index (χ0) is 33.3. The van der Waals surface area contributed by atoms with E-state index in [2.05, 4.69) is 16.9 Å². The molecule has 0 aliphatic heterocycles. The van der Waals surface area contributed by atoms with Crippen LogP contribution < -0.4 is 11.0 Å². The molecule has 0 saturated heterocycles. The SMILES string of the molecule is C=CCCCCCCCCCCCCCCOCCCOP(=O)(O)CO[C@H](CO)Cn1ccc(NC(=O)c2ccccc2)nc1=O. The van der Waals surface area contributed by atoms with Gasteiger partial charge < -0.3 is 29.3 Å². The Morgan fingerprint density at radius 1 is 0.913 bits per heavy atom. The number of aliphatic hydroxyl groups is 1. The molecular weight excluding hydrogens is 609 g/mol. The highest BCUT2D eigenvalue weighted by atomic mass is 31.2. The van der Waals surface area contributed by atoms with Crippen LogP contribution in [0.25, 0.3) is 0 Å². The minimum Gasteiger partial charge on any atom is -0.394 e. The molecule has 0 spiro atoms. The largest absolute Gasteiger partial charge is 0.394 e. The van der Waals surface area contributed by atoms with Gasteiger partial charge in [-0.25, -0.2) is 4.79 Å². The molecule has 0 bridgehead atoms. The lowest BCUT2D eigenvalue weighted by Crippen LogP contribution is -2.32. The Hall–Kier alpha value is -2.66. The fourth-order valence-corrected chi connectivity index (χ4v) is 5.65. The quantitative estimate of drug-likeness (QED) is 0.0514. The number of carbonyl (C=O) groups excluding carboxylic acids is 1. The summed E-state index contributed by atoms with van der Waals surface area (Å²) >= 11 is 0. The third-order valence-corrected chi connectivity index (χ3v) is 8.46. The molecule has 0 fully saturated rings. The summed E-state index contributed by atoms with van der Waals surface area (Å²) in [5.41, 5.74) is -0.257. The molecule has 2 rings (SSSR count). The molecule has 3 N–H and O–H groups in total. The molecule has 0 aliphatic carbocycles. The maximum Gasteiger partial charge on any atom is 0.353 e. The van der Waals surface area contributed by atoms with Crippen LogP contribution in [-0.2, 0) is 25.1 Å². The van der Waals surface area contributed by atoms with Gasteiger partial charge in [-0.3, -0.25) is 13.9 Å². The lowest BCUT2D eigenvalue weighted by molar-refractivity contribution is 0.0162. The molecule has 12 heteroatoms. The van der Waals surface area contributed by atoms with Gasteiger partial charge >= 0.3 is 13.3 Å². The highest BCUT2D eigenvalue weighted by molar-refractivity contribution is 7.52. The van der Waals surface area contributed by atoms with E-state index in [0.29, 0.717) is 25.2 Å². The number of nitrogens with zero attached hydrogens (tertiary/aromatic N) is 2. The second kappa shape index (κ2) is 24.5. The van der Waals surface area contributed by atoms with Crippen LogP contribution in [0.4, 0.5) is 5.82 Å². The van der Waals surface area contributed by atoms with Gasteiger partial charge in [-0.05, 0) is 43.9 Å². The summed E-state index contributed by atoms with van der Waals surface area (Å²) in [5, 5.41) is 12.2. The Morgan fingerprint density at radius 2 is 1.52 bits per heavy atom. The Bertz CT molecular complexity index is 1210. The molecule has 0 aliphatic rings. The molecule has 258 valence electrons. The van der Waals surface area contributed by atoms with E-state index in [1.165, 1.54) is 81.0 Å². The smallest absolute Gasteiger partial charge is 0.353 e. The van der Waals surface area contributed by atoms with Gasteiger partial charge in [-0.2, -0.15) is 4.98 Å². The van der Waals surface area contributed by atoms with E-state index in [-0.39, 0.29) is 19.0 Å². The van der Waals surface area contributed by atoms with E-state index in [1.54, 1.807) is 30.3 Å². The van der Waals surface area contributed by atoms with Gasteiger partial charge in [-0.1, -0.05) is 88.5 Å². The summed E-state index contributed by atoms with van der Waals surface area (Å²) in [4.78, 5) is 38.6. The number of anilines is 1. The van der Waals surface area contributed by atoms with Gasteiger partial charge in [0.15, 0.2) is 0 Å². The minimum atomic E-state index is -4.06. The first-order valence-electron chi connectivity index (χ1n) is 16.7. The first-order valence-corrected chi connectivity index (χ1v) is 18.4. The van der Waals surface area contributed by atoms with Gasteiger partial charge in [0.05, 0.1) is 25.9 Å². The molecule has 0 radical (unpaired) electrons. The number of nitrogens with one attached hydrogen (secondary N) is 1. The van der Waals surface area contributed by atoms with Crippen LogP contribution in [-0.4, -0.2) is 64.3 Å². The van der Waals surface area contributed by atoms with Gasteiger partial charge in [0.25, 0.3) is 5.91 Å². The highest BCUT2D eigenvalue weighted by Crippen LogP contribution is 2.42. The van der Waals surface area contributed by atoms with Crippen LogP contribution >= 0.6 is 7.60 Å². The Morgan fingerprint density at radius 3 is 2.13 bits per heavy atom. The van der Waals surface area contributed by atoms with E-state index < -0.39 is 38.3 Å². The molecule has 1 unspecified atom stereocenters. The van der Waals surface area contributed by atoms with Gasteiger partial charge in [0.1, 0.15) is 12.2 Å². The minimum absolute atomic E-state index is 0.0370. The number of unbranched alkanes of at least 4 members (excludes halogenated alkanes) is 12. The van der Waals surface area contributed by atoms with Crippen LogP contribution in [0.5, 0.6) is 0 Å². The number of aliphatic hydroxyl groups excluding tert-OH is 1. The zero-order valence-corrected chi connectivity index (χ0v) is 28.1. The number of carbonyl (C=O) groups is 1. The fourth-order valence-electron chi connectivity index (χ4n) is 4.77. The van der Waals surface area contributed by atoms with Crippen molar-refractivity contribution in [2.24, 2.45) is 0 Å². The molecular formula is C34H54N3O8P. The van der Waals surface area contributed by atoms with Crippen LogP contribution in [0.1, 0.15) is 100 Å². The zero-order valence-electron chi connectivity index (χ0n) is 27.2. The Kier molecular flexibility index (Phi) is 21.1. The maximum atomic E-state index is 12.4. The number of amides is 1. The van der Waals surface area contributed by atoms with E-state index in [1.807, 2.05) is 6.08 Å². The number of ether oxygens (including phenoxy) is 2. The van der Waals surface area contributed by atoms with Crippen molar-refractivity contribution in [3.8, 4) is 0 Å². The van der Waals surface area contributed by atoms with Crippen LogP contribution in [0, 0.1) is 0 Å². The molecule has 2 aromatic rings. The van der Waals surface area contributed by atoms with Gasteiger partial charge in [0.2, 0.25) is 0 Å². The predicted octanol–water partition coefficient (Wildman–Crippen LogP) is 6.70. The van der Waals surface area contributed by atoms with E-state index in [0.717, 1.165) is 19.3 Å². The predicted molar refractivity (Wildman–Crippen MR) is 181 cm³/mol. The van der Waals surface area contributed by atoms with Crippen molar-refractivity contribution in [3.63, 3.8) is 0 Å². The van der Waals surface area contributed by atoms with E-state index in [4.69, 9.17) is 14.0 Å². The van der Waals surface area contributed by atoms with Crippen molar-refractivity contribution >= 4 is 19.3 Å². The number of allylic oxidation sites excluding steroid dienone is 1. The lowest BCUT2D eigenvalue weighted by Gasteiger charge is -2.19. The second-order valence-electron chi connectivity index (χ2n) is 11.4. The normalized spacial score (nSPS) is 13.3. The topological polar surface area (TPSA) is 149 Å². The first kappa shape index (κ1) is 39.5. The third kappa shape index (κ3) is 18.5. The molecule has 11 nitrogen and oxygen atoms in total. The molecule has 1 heterocycles. The molecule has 46 heavy (non-hydrogen) atoms. The Labute approximate surface area is 273 Å². The van der Waals surface area contributed by atoms with Crippen molar-refractivity contribution in [1.82, 2.24) is 9.55 Å². The number of aromatic nitrogens is 2. The van der Waals surface area contributed by atoms with Crippen molar-refractivity contribution in [2.45, 2.75) is 103 Å². The molecule has 2 atom stereocenters. The number of rotatable bonds is 28.